The Labute approximate surface area is 414 Å². The molecule has 0 spiro atoms. The molecule has 0 N–H and O–H groups in total. The molecule has 0 rings (SSSR count). The van der Waals surface area contributed by atoms with Crippen molar-refractivity contribution in [3.05, 3.63) is 85.1 Å². The second kappa shape index (κ2) is 55.2. The second-order valence-corrected chi connectivity index (χ2v) is 18.7. The Kier molecular flexibility index (Phi) is 52.4. The molecule has 6 nitrogen and oxygen atoms in total. The van der Waals surface area contributed by atoms with E-state index in [-0.39, 0.29) is 31.1 Å². The van der Waals surface area contributed by atoms with Crippen LogP contribution in [0.4, 0.5) is 0 Å². The first kappa shape index (κ1) is 63.6. The summed E-state index contributed by atoms with van der Waals surface area (Å²) in [6.07, 6.45) is 71.4. The van der Waals surface area contributed by atoms with Crippen molar-refractivity contribution in [1.82, 2.24) is 0 Å². The maximum Gasteiger partial charge on any atom is 0.306 e. The van der Waals surface area contributed by atoms with Gasteiger partial charge in [0.25, 0.3) is 0 Å². The first-order valence-corrected chi connectivity index (χ1v) is 28.2. The van der Waals surface area contributed by atoms with E-state index in [1.807, 2.05) is 72.9 Å². The Bertz CT molecular complexity index is 1300. The molecule has 0 bridgehead atoms. The number of hydrogen-bond acceptors (Lipinski definition) is 6. The number of carbonyl (C=O) groups is 3. The fraction of sp³-hybridized carbons (Fsp3) is 0.721. The highest BCUT2D eigenvalue weighted by atomic mass is 16.6. The lowest BCUT2D eigenvalue weighted by atomic mass is 10.0. The zero-order chi connectivity index (χ0) is 48.6. The van der Waals surface area contributed by atoms with Crippen molar-refractivity contribution in [1.29, 1.82) is 0 Å². The summed E-state index contributed by atoms with van der Waals surface area (Å²) < 4.78 is 16.8. The fourth-order valence-corrected chi connectivity index (χ4v) is 7.90. The lowest BCUT2D eigenvalue weighted by Crippen LogP contribution is -2.30. The highest BCUT2D eigenvalue weighted by Gasteiger charge is 2.19. The van der Waals surface area contributed by atoms with Crippen molar-refractivity contribution < 1.29 is 28.6 Å². The minimum absolute atomic E-state index is 0.0882. The Hall–Kier alpha value is -3.41. The van der Waals surface area contributed by atoms with Crippen LogP contribution in [0, 0.1) is 0 Å². The topological polar surface area (TPSA) is 78.9 Å². The van der Waals surface area contributed by atoms with Gasteiger partial charge >= 0.3 is 17.9 Å². The lowest BCUT2D eigenvalue weighted by molar-refractivity contribution is -0.167. The molecule has 0 aliphatic heterocycles. The fourth-order valence-electron chi connectivity index (χ4n) is 7.90. The Morgan fingerprint density at radius 1 is 0.313 bits per heavy atom. The monoisotopic (exact) mass is 933 g/mol. The summed E-state index contributed by atoms with van der Waals surface area (Å²) in [7, 11) is 0. The average molecular weight is 933 g/mol. The molecule has 67 heavy (non-hydrogen) atoms. The number of carbonyl (C=O) groups excluding carboxylic acids is 3. The molecule has 0 fully saturated rings. The number of unbranched alkanes of at least 4 members (excludes halogenated alkanes) is 31. The molecule has 6 heteroatoms. The minimum atomic E-state index is -0.792. The van der Waals surface area contributed by atoms with Crippen LogP contribution in [0.3, 0.4) is 0 Å². The van der Waals surface area contributed by atoms with Gasteiger partial charge in [0, 0.05) is 19.3 Å². The van der Waals surface area contributed by atoms with E-state index in [0.717, 1.165) is 70.6 Å². The predicted octanol–water partition coefficient (Wildman–Crippen LogP) is 18.8. The van der Waals surface area contributed by atoms with Crippen LogP contribution in [-0.4, -0.2) is 37.2 Å². The van der Waals surface area contributed by atoms with Crippen LogP contribution >= 0.6 is 0 Å². The normalized spacial score (nSPS) is 12.7. The Morgan fingerprint density at radius 2 is 0.582 bits per heavy atom. The molecule has 0 amide bonds. The van der Waals surface area contributed by atoms with Gasteiger partial charge in [-0.1, -0.05) is 292 Å². The molecule has 0 saturated heterocycles. The van der Waals surface area contributed by atoms with Gasteiger partial charge in [-0.15, -0.1) is 0 Å². The molecule has 0 aliphatic carbocycles. The molecule has 1 atom stereocenters. The van der Waals surface area contributed by atoms with Gasteiger partial charge in [-0.2, -0.15) is 0 Å². The van der Waals surface area contributed by atoms with E-state index in [9.17, 15) is 14.4 Å². The van der Waals surface area contributed by atoms with E-state index in [1.54, 1.807) is 0 Å². The molecule has 1 unspecified atom stereocenters. The van der Waals surface area contributed by atoms with Crippen LogP contribution in [0.5, 0.6) is 0 Å². The summed E-state index contributed by atoms with van der Waals surface area (Å²) in [5, 5.41) is 0. The van der Waals surface area contributed by atoms with Gasteiger partial charge in [0.15, 0.2) is 6.10 Å². The maximum atomic E-state index is 12.8. The first-order chi connectivity index (χ1) is 33.0. The highest BCUT2D eigenvalue weighted by molar-refractivity contribution is 5.71. The van der Waals surface area contributed by atoms with Gasteiger partial charge in [-0.05, 0) is 38.5 Å². The van der Waals surface area contributed by atoms with E-state index in [2.05, 4.69) is 32.9 Å². The zero-order valence-electron chi connectivity index (χ0n) is 43.9. The Balaban J connectivity index is 4.44. The first-order valence-electron chi connectivity index (χ1n) is 28.2. The second-order valence-electron chi connectivity index (χ2n) is 18.7. The zero-order valence-corrected chi connectivity index (χ0v) is 43.9. The number of ether oxygens (including phenoxy) is 3. The summed E-state index contributed by atoms with van der Waals surface area (Å²) in [6, 6.07) is 0. The van der Waals surface area contributed by atoms with Crippen LogP contribution in [0.1, 0.15) is 265 Å². The largest absolute Gasteiger partial charge is 0.462 e. The Morgan fingerprint density at radius 3 is 0.910 bits per heavy atom. The number of esters is 3. The lowest BCUT2D eigenvalue weighted by Gasteiger charge is -2.18. The van der Waals surface area contributed by atoms with Crippen LogP contribution < -0.4 is 0 Å². The number of hydrogen-bond donors (Lipinski definition) is 0. The van der Waals surface area contributed by atoms with E-state index in [1.165, 1.54) is 154 Å². The number of rotatable bonds is 50. The van der Waals surface area contributed by atoms with E-state index < -0.39 is 6.10 Å². The summed E-state index contributed by atoms with van der Waals surface area (Å²) in [5.74, 6) is -0.926. The molecule has 384 valence electrons. The van der Waals surface area contributed by atoms with Crippen molar-refractivity contribution in [2.24, 2.45) is 0 Å². The summed E-state index contributed by atoms with van der Waals surface area (Å²) in [6.45, 7) is 6.47. The van der Waals surface area contributed by atoms with Crippen molar-refractivity contribution in [2.75, 3.05) is 13.2 Å². The smallest absolute Gasteiger partial charge is 0.306 e. The SMILES string of the molecule is CC\C=C/C=C\C=C/C=C\C=C\C=C/C=C\CCCCCC(=O)OCC(COC(=O)CCCCCCCCCCCCCC)OC(=O)CCCCCCCCCCCCCCCCCCCC. The van der Waals surface area contributed by atoms with E-state index in [4.69, 9.17) is 14.2 Å². The van der Waals surface area contributed by atoms with Gasteiger partial charge in [0.05, 0.1) is 0 Å². The molecule has 0 saturated carbocycles. The van der Waals surface area contributed by atoms with Gasteiger partial charge in [-0.25, -0.2) is 0 Å². The third kappa shape index (κ3) is 53.4. The third-order valence-corrected chi connectivity index (χ3v) is 12.1. The van der Waals surface area contributed by atoms with Crippen molar-refractivity contribution in [3.8, 4) is 0 Å². The van der Waals surface area contributed by atoms with Crippen molar-refractivity contribution in [3.63, 3.8) is 0 Å². The van der Waals surface area contributed by atoms with Crippen molar-refractivity contribution >= 4 is 17.9 Å². The molecular formula is C61H104O6. The summed E-state index contributed by atoms with van der Waals surface area (Å²) in [4.78, 5) is 38.1. The molecule has 0 aromatic heterocycles. The highest BCUT2D eigenvalue weighted by Crippen LogP contribution is 2.16. The third-order valence-electron chi connectivity index (χ3n) is 12.1. The summed E-state index contributed by atoms with van der Waals surface area (Å²) in [5.41, 5.74) is 0. The standard InChI is InChI=1S/C61H104O6/c1-4-7-10-13-16-19-22-25-27-29-31-33-34-36-39-42-45-48-51-54-60(63)66-57-58(56-65-59(62)53-50-47-44-41-38-24-21-18-15-12-9-6-3)67-61(64)55-52-49-46-43-40-37-35-32-30-28-26-23-20-17-14-11-8-5-2/h7,10,13,16,19,22,25,27,29,31,33-34,36,39,58H,4-6,8-9,11-12,14-15,17-18,20-21,23-24,26,28,30,32,35,37-38,40-57H2,1-3H3/b10-7-,16-13-,22-19-,27-25-,31-29+,34-33-,39-36-. The molecular weight excluding hydrogens is 829 g/mol. The van der Waals surface area contributed by atoms with Crippen LogP contribution in [0.2, 0.25) is 0 Å². The molecule has 0 aliphatic rings. The summed E-state index contributed by atoms with van der Waals surface area (Å²) >= 11 is 0. The van der Waals surface area contributed by atoms with Crippen molar-refractivity contribution in [2.45, 2.75) is 271 Å². The van der Waals surface area contributed by atoms with Gasteiger partial charge in [0.2, 0.25) is 0 Å². The minimum Gasteiger partial charge on any atom is -0.462 e. The van der Waals surface area contributed by atoms with Crippen LogP contribution in [-0.2, 0) is 28.6 Å². The van der Waals surface area contributed by atoms with Gasteiger partial charge < -0.3 is 14.2 Å². The molecule has 0 heterocycles. The van der Waals surface area contributed by atoms with E-state index >= 15 is 0 Å². The van der Waals surface area contributed by atoms with Gasteiger partial charge in [0.1, 0.15) is 13.2 Å². The predicted molar refractivity (Wildman–Crippen MR) is 288 cm³/mol. The molecule has 0 aromatic carbocycles. The van der Waals surface area contributed by atoms with Crippen LogP contribution in [0.25, 0.3) is 0 Å². The number of allylic oxidation sites excluding steroid dienone is 14. The average Bonchev–Trinajstić information content (AvgIpc) is 3.33. The van der Waals surface area contributed by atoms with Gasteiger partial charge in [-0.3, -0.25) is 14.4 Å². The van der Waals surface area contributed by atoms with Crippen LogP contribution in [0.15, 0.2) is 85.1 Å². The van der Waals surface area contributed by atoms with E-state index in [0.29, 0.717) is 19.3 Å². The quantitative estimate of drug-likeness (QED) is 0.0262. The molecule has 0 radical (unpaired) electrons. The molecule has 0 aromatic rings. The maximum absolute atomic E-state index is 12.8.